The van der Waals surface area contributed by atoms with Gasteiger partial charge in [-0.05, 0) is 67.3 Å². The normalized spacial score (nSPS) is 12.5. The van der Waals surface area contributed by atoms with E-state index in [9.17, 15) is 27.5 Å². The number of hydrogen-bond donors (Lipinski definition) is 2. The molecule has 220 valence electrons. The van der Waals surface area contributed by atoms with Crippen molar-refractivity contribution >= 4 is 21.7 Å². The van der Waals surface area contributed by atoms with E-state index in [-0.39, 0.29) is 40.9 Å². The number of ether oxygens (including phenoxy) is 2. The van der Waals surface area contributed by atoms with E-state index in [0.717, 1.165) is 0 Å². The third-order valence-electron chi connectivity index (χ3n) is 6.68. The minimum atomic E-state index is -3.39. The summed E-state index contributed by atoms with van der Waals surface area (Å²) in [7, 11) is -0.394. The maximum atomic E-state index is 13.7. The minimum Gasteiger partial charge on any atom is -0.481 e. The molecule has 9 nitrogen and oxygen atoms in total. The Balaban J connectivity index is 2.28. The number of aromatic nitrogens is 1. The molecule has 1 aromatic heterocycles. The zero-order chi connectivity index (χ0) is 30.4. The number of carbonyl (C=O) groups excluding carboxylic acids is 1. The van der Waals surface area contributed by atoms with E-state index in [1.165, 1.54) is 38.5 Å². The molecule has 0 fully saturated rings. The van der Waals surface area contributed by atoms with E-state index in [2.05, 4.69) is 10.3 Å². The molecule has 0 spiro atoms. The largest absolute Gasteiger partial charge is 0.481 e. The highest BCUT2D eigenvalue weighted by atomic mass is 32.2. The molecule has 3 rings (SSSR count). The van der Waals surface area contributed by atoms with Gasteiger partial charge in [-0.15, -0.1) is 0 Å². The van der Waals surface area contributed by atoms with Crippen molar-refractivity contribution in [1.82, 2.24) is 10.3 Å². The molecule has 3 aromatic rings. The molecule has 0 bridgehead atoms. The van der Waals surface area contributed by atoms with Crippen LogP contribution in [-0.2, 0) is 20.3 Å². The number of ketones is 1. The van der Waals surface area contributed by atoms with Gasteiger partial charge < -0.3 is 19.9 Å². The van der Waals surface area contributed by atoms with Gasteiger partial charge in [0.1, 0.15) is 5.82 Å². The first kappa shape index (κ1) is 31.7. The third kappa shape index (κ3) is 8.34. The molecule has 2 N–H and O–H groups in total. The SMILES string of the molecule is CCS(=O)(=O)Cc1ccc(C(=O)c2ccc(F)cc2)c(-c2cnc(OC)cc2C(COC)CC(C)(C)NC(=O)O)c1. The molecule has 0 aliphatic heterocycles. The van der Waals surface area contributed by atoms with Crippen LogP contribution in [0.5, 0.6) is 5.88 Å². The number of methoxy groups -OCH3 is 2. The highest BCUT2D eigenvalue weighted by Crippen LogP contribution is 2.38. The lowest BCUT2D eigenvalue weighted by atomic mass is 9.82. The molecule has 0 aliphatic rings. The van der Waals surface area contributed by atoms with Gasteiger partial charge in [-0.2, -0.15) is 0 Å². The van der Waals surface area contributed by atoms with Crippen molar-refractivity contribution in [3.63, 3.8) is 0 Å². The van der Waals surface area contributed by atoms with Crippen LogP contribution in [0.1, 0.15) is 60.2 Å². The summed E-state index contributed by atoms with van der Waals surface area (Å²) in [5, 5.41) is 11.9. The monoisotopic (exact) mass is 586 g/mol. The fraction of sp³-hybridized carbons (Fsp3) is 0.367. The smallest absolute Gasteiger partial charge is 0.405 e. The van der Waals surface area contributed by atoms with Crippen molar-refractivity contribution in [1.29, 1.82) is 0 Å². The Morgan fingerprint density at radius 2 is 1.76 bits per heavy atom. The van der Waals surface area contributed by atoms with E-state index >= 15 is 0 Å². The number of carbonyl (C=O) groups is 2. The number of benzene rings is 2. The third-order valence-corrected chi connectivity index (χ3v) is 8.33. The maximum Gasteiger partial charge on any atom is 0.405 e. The van der Waals surface area contributed by atoms with Gasteiger partial charge in [0.2, 0.25) is 5.88 Å². The summed E-state index contributed by atoms with van der Waals surface area (Å²) in [6, 6.07) is 11.7. The summed E-state index contributed by atoms with van der Waals surface area (Å²) in [6.45, 7) is 5.27. The Hall–Kier alpha value is -3.83. The highest BCUT2D eigenvalue weighted by molar-refractivity contribution is 7.90. The summed E-state index contributed by atoms with van der Waals surface area (Å²) >= 11 is 0. The molecule has 0 saturated carbocycles. The number of halogens is 1. The number of nitrogens with zero attached hydrogens (tertiary/aromatic N) is 1. The fourth-order valence-corrected chi connectivity index (χ4v) is 5.65. The van der Waals surface area contributed by atoms with Crippen molar-refractivity contribution in [3.8, 4) is 17.0 Å². The van der Waals surface area contributed by atoms with Crippen molar-refractivity contribution in [2.24, 2.45) is 0 Å². The van der Waals surface area contributed by atoms with E-state index in [0.29, 0.717) is 34.6 Å². The van der Waals surface area contributed by atoms with Crippen molar-refractivity contribution in [2.75, 3.05) is 26.6 Å². The standard InChI is InChI=1S/C30H35FN2O7S/c1-6-41(37,38)18-19-7-12-23(28(34)20-8-10-22(31)11-9-20)25(13-19)26-16-32-27(40-5)14-24(26)21(17-39-4)15-30(2,3)33-29(35)36/h7-14,16,21,33H,6,15,17-18H2,1-5H3,(H,35,36). The first-order valence-corrected chi connectivity index (χ1v) is 14.8. The molecule has 0 saturated heterocycles. The summed E-state index contributed by atoms with van der Waals surface area (Å²) in [5.74, 6) is -1.23. The number of hydrogen-bond acceptors (Lipinski definition) is 7. The topological polar surface area (TPSA) is 132 Å². The van der Waals surface area contributed by atoms with E-state index < -0.39 is 27.3 Å². The molecule has 41 heavy (non-hydrogen) atoms. The Morgan fingerprint density at radius 3 is 2.34 bits per heavy atom. The molecule has 1 unspecified atom stereocenters. The molecule has 1 amide bonds. The van der Waals surface area contributed by atoms with E-state index in [1.54, 1.807) is 51.2 Å². The van der Waals surface area contributed by atoms with Gasteiger partial charge in [-0.1, -0.05) is 19.1 Å². The number of rotatable bonds is 13. The molecule has 0 aliphatic carbocycles. The van der Waals surface area contributed by atoms with Gasteiger partial charge in [0.05, 0.1) is 19.5 Å². The predicted octanol–water partition coefficient (Wildman–Crippen LogP) is 5.23. The van der Waals surface area contributed by atoms with Gasteiger partial charge in [0, 0.05) is 53.3 Å². The Labute approximate surface area is 239 Å². The first-order valence-electron chi connectivity index (χ1n) is 13.0. The molecular formula is C30H35FN2O7S. The van der Waals surface area contributed by atoms with Gasteiger partial charge in [0.15, 0.2) is 15.6 Å². The number of pyridine rings is 1. The number of nitrogens with one attached hydrogen (secondary N) is 1. The molecule has 11 heteroatoms. The average Bonchev–Trinajstić information content (AvgIpc) is 2.91. The lowest BCUT2D eigenvalue weighted by molar-refractivity contribution is 0.103. The van der Waals surface area contributed by atoms with Crippen molar-refractivity contribution < 1.29 is 37.0 Å². The zero-order valence-corrected chi connectivity index (χ0v) is 24.5. The Morgan fingerprint density at radius 1 is 1.07 bits per heavy atom. The van der Waals surface area contributed by atoms with Crippen LogP contribution in [0.2, 0.25) is 0 Å². The molecular weight excluding hydrogens is 551 g/mol. The lowest BCUT2D eigenvalue weighted by Crippen LogP contribution is -2.44. The number of amides is 1. The van der Waals surface area contributed by atoms with Crippen LogP contribution in [0.25, 0.3) is 11.1 Å². The zero-order valence-electron chi connectivity index (χ0n) is 23.7. The summed E-state index contributed by atoms with van der Waals surface area (Å²) < 4.78 is 49.5. The highest BCUT2D eigenvalue weighted by Gasteiger charge is 2.29. The second-order valence-corrected chi connectivity index (χ2v) is 12.7. The minimum absolute atomic E-state index is 0.0461. The second kappa shape index (κ2) is 13.2. The van der Waals surface area contributed by atoms with Crippen LogP contribution >= 0.6 is 0 Å². The summed E-state index contributed by atoms with van der Waals surface area (Å²) in [6.07, 6.45) is 0.692. The Kier molecular flexibility index (Phi) is 10.2. The van der Waals surface area contributed by atoms with E-state index in [4.69, 9.17) is 9.47 Å². The van der Waals surface area contributed by atoms with Crippen LogP contribution in [0.15, 0.2) is 54.7 Å². The lowest BCUT2D eigenvalue weighted by Gasteiger charge is -2.31. The van der Waals surface area contributed by atoms with Gasteiger partial charge in [-0.3, -0.25) is 4.79 Å². The number of carboxylic acid groups (broad SMARTS) is 1. The van der Waals surface area contributed by atoms with E-state index in [1.807, 2.05) is 0 Å². The summed E-state index contributed by atoms with van der Waals surface area (Å²) in [4.78, 5) is 29.5. The van der Waals surface area contributed by atoms with Crippen LogP contribution in [0, 0.1) is 5.82 Å². The van der Waals surface area contributed by atoms with Crippen LogP contribution < -0.4 is 10.1 Å². The van der Waals surface area contributed by atoms with Crippen LogP contribution in [0.3, 0.4) is 0 Å². The number of sulfone groups is 1. The van der Waals surface area contributed by atoms with Crippen LogP contribution in [0.4, 0.5) is 9.18 Å². The molecule has 0 radical (unpaired) electrons. The first-order chi connectivity index (χ1) is 19.3. The van der Waals surface area contributed by atoms with Gasteiger partial charge >= 0.3 is 6.09 Å². The summed E-state index contributed by atoms with van der Waals surface area (Å²) in [5.41, 5.74) is 1.77. The second-order valence-electron chi connectivity index (χ2n) is 10.4. The van der Waals surface area contributed by atoms with Crippen LogP contribution in [-0.4, -0.2) is 62.5 Å². The van der Waals surface area contributed by atoms with Crippen molar-refractivity contribution in [2.45, 2.75) is 44.4 Å². The molecule has 2 aromatic carbocycles. The quantitative estimate of drug-likeness (QED) is 0.260. The Bertz CT molecular complexity index is 1510. The predicted molar refractivity (Wildman–Crippen MR) is 154 cm³/mol. The molecule has 1 atom stereocenters. The fourth-order valence-electron chi connectivity index (χ4n) is 4.76. The maximum absolute atomic E-state index is 13.7. The van der Waals surface area contributed by atoms with Crippen molar-refractivity contribution in [3.05, 3.63) is 82.8 Å². The van der Waals surface area contributed by atoms with Gasteiger partial charge in [0.25, 0.3) is 0 Å². The van der Waals surface area contributed by atoms with Gasteiger partial charge in [-0.25, -0.2) is 22.6 Å². The molecule has 1 heterocycles. The average molecular weight is 587 g/mol.